The summed E-state index contributed by atoms with van der Waals surface area (Å²) in [6.45, 7) is -0.718. The van der Waals surface area contributed by atoms with E-state index in [1.54, 1.807) is 12.1 Å². The molecule has 0 unspecified atom stereocenters. The molecule has 0 radical (unpaired) electrons. The van der Waals surface area contributed by atoms with Gasteiger partial charge in [-0.1, -0.05) is 12.2 Å². The molecule has 1 aromatic heterocycles. The van der Waals surface area contributed by atoms with E-state index in [1.807, 2.05) is 0 Å². The van der Waals surface area contributed by atoms with Crippen LogP contribution < -0.4 is 10.6 Å². The Labute approximate surface area is 103 Å². The highest BCUT2D eigenvalue weighted by Crippen LogP contribution is 2.17. The molecule has 4 nitrogen and oxygen atoms in total. The van der Waals surface area contributed by atoms with Crippen LogP contribution in [0.15, 0.2) is 18.3 Å². The molecule has 94 valence electrons. The number of hydrogen-bond donors (Lipinski definition) is 2. The zero-order valence-corrected chi connectivity index (χ0v) is 9.83. The molecule has 0 aromatic carbocycles. The minimum absolute atomic E-state index is 0.0525. The molecule has 0 bridgehead atoms. The minimum atomic E-state index is -2.53. The molecule has 0 aliphatic carbocycles. The maximum absolute atomic E-state index is 12.4. The van der Waals surface area contributed by atoms with Crippen LogP contribution in [-0.4, -0.2) is 41.2 Å². The Hall–Kier alpha value is -1.34. The SMILES string of the molecule is NC(=S)c1cccnc1N(CCO)CC(F)F. The van der Waals surface area contributed by atoms with Crippen LogP contribution in [0, 0.1) is 0 Å². The van der Waals surface area contributed by atoms with Crippen molar-refractivity contribution in [3.05, 3.63) is 23.9 Å². The lowest BCUT2D eigenvalue weighted by molar-refractivity contribution is 0.152. The Bertz CT molecular complexity index is 390. The van der Waals surface area contributed by atoms with Crippen LogP contribution in [0.4, 0.5) is 14.6 Å². The van der Waals surface area contributed by atoms with E-state index < -0.39 is 13.0 Å². The number of halogens is 2. The highest BCUT2D eigenvalue weighted by Gasteiger charge is 2.17. The van der Waals surface area contributed by atoms with Gasteiger partial charge in [0.25, 0.3) is 6.43 Å². The van der Waals surface area contributed by atoms with Crippen molar-refractivity contribution >= 4 is 23.0 Å². The second-order valence-electron chi connectivity index (χ2n) is 3.30. The van der Waals surface area contributed by atoms with Crippen LogP contribution in [0.5, 0.6) is 0 Å². The average molecular weight is 261 g/mol. The maximum Gasteiger partial charge on any atom is 0.255 e. The second-order valence-corrected chi connectivity index (χ2v) is 3.74. The van der Waals surface area contributed by atoms with Gasteiger partial charge in [0.1, 0.15) is 10.8 Å². The van der Waals surface area contributed by atoms with Gasteiger partial charge in [-0.05, 0) is 12.1 Å². The summed E-state index contributed by atoms with van der Waals surface area (Å²) in [5.41, 5.74) is 5.92. The lowest BCUT2D eigenvalue weighted by Crippen LogP contribution is -2.34. The number of pyridine rings is 1. The molecule has 0 atom stereocenters. The molecule has 7 heteroatoms. The van der Waals surface area contributed by atoms with E-state index >= 15 is 0 Å². The predicted octanol–water partition coefficient (Wildman–Crippen LogP) is 0.780. The average Bonchev–Trinajstić information content (AvgIpc) is 2.28. The molecule has 0 saturated carbocycles. The van der Waals surface area contributed by atoms with Gasteiger partial charge in [0.2, 0.25) is 0 Å². The van der Waals surface area contributed by atoms with Crippen LogP contribution in [-0.2, 0) is 0 Å². The molecule has 0 fully saturated rings. The smallest absolute Gasteiger partial charge is 0.255 e. The lowest BCUT2D eigenvalue weighted by Gasteiger charge is -2.24. The van der Waals surface area contributed by atoms with Crippen molar-refractivity contribution in [2.45, 2.75) is 6.43 Å². The number of aliphatic hydroxyl groups is 1. The first kappa shape index (κ1) is 13.7. The Kier molecular flexibility index (Phi) is 5.17. The molecule has 17 heavy (non-hydrogen) atoms. The molecule has 0 saturated heterocycles. The van der Waals surface area contributed by atoms with E-state index in [4.69, 9.17) is 23.1 Å². The largest absolute Gasteiger partial charge is 0.395 e. The third-order valence-electron chi connectivity index (χ3n) is 2.08. The van der Waals surface area contributed by atoms with E-state index in [0.717, 1.165) is 0 Å². The number of aromatic nitrogens is 1. The van der Waals surface area contributed by atoms with Gasteiger partial charge in [0.15, 0.2) is 0 Å². The lowest BCUT2D eigenvalue weighted by atomic mass is 10.2. The summed E-state index contributed by atoms with van der Waals surface area (Å²) in [4.78, 5) is 5.34. The van der Waals surface area contributed by atoms with E-state index in [1.165, 1.54) is 11.1 Å². The van der Waals surface area contributed by atoms with Crippen molar-refractivity contribution < 1.29 is 13.9 Å². The number of thiocarbonyl (C=S) groups is 1. The number of nitrogens with two attached hydrogens (primary N) is 1. The first-order chi connectivity index (χ1) is 8.06. The summed E-state index contributed by atoms with van der Waals surface area (Å²) in [5, 5.41) is 8.86. The Balaban J connectivity index is 3.04. The van der Waals surface area contributed by atoms with Gasteiger partial charge >= 0.3 is 0 Å². The van der Waals surface area contributed by atoms with E-state index in [2.05, 4.69) is 4.98 Å². The van der Waals surface area contributed by atoms with Crippen molar-refractivity contribution in [3.63, 3.8) is 0 Å². The zero-order chi connectivity index (χ0) is 12.8. The summed E-state index contributed by atoms with van der Waals surface area (Å²) in [6.07, 6.45) is -1.06. The standard InChI is InChI=1S/C10H13F2N3OS/c11-8(12)6-15(4-5-16)10-7(9(13)17)2-1-3-14-10/h1-3,8,16H,4-6H2,(H2,13,17). The van der Waals surface area contributed by atoms with Gasteiger partial charge < -0.3 is 15.7 Å². The van der Waals surface area contributed by atoms with Crippen LogP contribution in [0.2, 0.25) is 0 Å². The number of alkyl halides is 2. The number of nitrogens with zero attached hydrogens (tertiary/aromatic N) is 2. The maximum atomic E-state index is 12.4. The fourth-order valence-corrected chi connectivity index (χ4v) is 1.57. The summed E-state index contributed by atoms with van der Waals surface area (Å²) in [5.74, 6) is 0.273. The van der Waals surface area contributed by atoms with Crippen molar-refractivity contribution in [3.8, 4) is 0 Å². The fourth-order valence-electron chi connectivity index (χ4n) is 1.41. The summed E-state index contributed by atoms with van der Waals surface area (Å²) < 4.78 is 24.8. The summed E-state index contributed by atoms with van der Waals surface area (Å²) in [7, 11) is 0. The second kappa shape index (κ2) is 6.41. The van der Waals surface area contributed by atoms with Gasteiger partial charge in [0, 0.05) is 12.7 Å². The van der Waals surface area contributed by atoms with Crippen molar-refractivity contribution in [1.29, 1.82) is 0 Å². The van der Waals surface area contributed by atoms with E-state index in [-0.39, 0.29) is 24.0 Å². The van der Waals surface area contributed by atoms with E-state index in [9.17, 15) is 8.78 Å². The number of hydrogen-bond acceptors (Lipinski definition) is 4. The Morgan fingerprint density at radius 3 is 2.82 bits per heavy atom. The van der Waals surface area contributed by atoms with Crippen LogP contribution in [0.1, 0.15) is 5.56 Å². The Morgan fingerprint density at radius 1 is 1.59 bits per heavy atom. The fraction of sp³-hybridized carbons (Fsp3) is 0.400. The molecule has 3 N–H and O–H groups in total. The monoisotopic (exact) mass is 261 g/mol. The Morgan fingerprint density at radius 2 is 2.29 bits per heavy atom. The summed E-state index contributed by atoms with van der Waals surface area (Å²) >= 11 is 4.83. The molecule has 0 aliphatic rings. The van der Waals surface area contributed by atoms with Gasteiger partial charge in [-0.3, -0.25) is 0 Å². The summed E-state index contributed by atoms with van der Waals surface area (Å²) in [6, 6.07) is 3.23. The highest BCUT2D eigenvalue weighted by atomic mass is 32.1. The zero-order valence-electron chi connectivity index (χ0n) is 9.01. The van der Waals surface area contributed by atoms with Gasteiger partial charge in [-0.15, -0.1) is 0 Å². The quantitative estimate of drug-likeness (QED) is 0.741. The minimum Gasteiger partial charge on any atom is -0.395 e. The third kappa shape index (κ3) is 3.86. The first-order valence-electron chi connectivity index (χ1n) is 4.95. The topological polar surface area (TPSA) is 62.4 Å². The van der Waals surface area contributed by atoms with Crippen LogP contribution in [0.3, 0.4) is 0 Å². The van der Waals surface area contributed by atoms with Crippen LogP contribution in [0.25, 0.3) is 0 Å². The third-order valence-corrected chi connectivity index (χ3v) is 2.30. The van der Waals surface area contributed by atoms with Crippen molar-refractivity contribution in [2.24, 2.45) is 5.73 Å². The predicted molar refractivity (Wildman–Crippen MR) is 65.4 cm³/mol. The van der Waals surface area contributed by atoms with Gasteiger partial charge in [-0.25, -0.2) is 13.8 Å². The van der Waals surface area contributed by atoms with Crippen molar-refractivity contribution in [1.82, 2.24) is 4.98 Å². The molecule has 0 aliphatic heterocycles. The van der Waals surface area contributed by atoms with Crippen molar-refractivity contribution in [2.75, 3.05) is 24.6 Å². The van der Waals surface area contributed by atoms with Gasteiger partial charge in [0.05, 0.1) is 18.7 Å². The molecular formula is C10H13F2N3OS. The highest BCUT2D eigenvalue weighted by molar-refractivity contribution is 7.80. The van der Waals surface area contributed by atoms with Gasteiger partial charge in [-0.2, -0.15) is 0 Å². The molecule has 1 rings (SSSR count). The molecule has 0 amide bonds. The van der Waals surface area contributed by atoms with Crippen LogP contribution >= 0.6 is 12.2 Å². The number of anilines is 1. The molecular weight excluding hydrogens is 248 g/mol. The molecule has 0 spiro atoms. The molecule has 1 heterocycles. The number of aliphatic hydroxyl groups excluding tert-OH is 1. The normalized spacial score (nSPS) is 10.6. The number of rotatable bonds is 6. The first-order valence-corrected chi connectivity index (χ1v) is 5.36. The molecule has 1 aromatic rings. The van der Waals surface area contributed by atoms with E-state index in [0.29, 0.717) is 5.56 Å².